The highest BCUT2D eigenvalue weighted by molar-refractivity contribution is 6.69. The fourth-order valence-electron chi connectivity index (χ4n) is 10.3. The van der Waals surface area contributed by atoms with Crippen molar-refractivity contribution in [3.63, 3.8) is 0 Å². The number of nitrogens with zero attached hydrogens (tertiary/aromatic N) is 2. The number of fused-ring (bicyclic) bond motifs is 6. The zero-order valence-electron chi connectivity index (χ0n) is 37.5. The highest BCUT2D eigenvalue weighted by atomic mass is 15.0. The van der Waals surface area contributed by atoms with Gasteiger partial charge in [-0.1, -0.05) is 185 Å². The molecule has 0 atom stereocenters. The predicted octanol–water partition coefficient (Wildman–Crippen LogP) is 7.77. The average Bonchev–Trinajstić information content (AvgIpc) is 3.94. The molecule has 2 nitrogen and oxygen atoms in total. The monoisotopic (exact) mass is 858 g/mol. The van der Waals surface area contributed by atoms with Crippen molar-refractivity contribution < 1.29 is 0 Å². The molecule has 0 aliphatic heterocycles. The molecule has 69 heavy (non-hydrogen) atoms. The topological polar surface area (TPSA) is 9.86 Å². The van der Waals surface area contributed by atoms with Gasteiger partial charge in [-0.15, -0.1) is 10.9 Å². The summed E-state index contributed by atoms with van der Waals surface area (Å²) in [6.07, 6.45) is 0. The van der Waals surface area contributed by atoms with Crippen LogP contribution in [0.5, 0.6) is 0 Å². The van der Waals surface area contributed by atoms with Gasteiger partial charge in [-0.25, -0.2) is 0 Å². The van der Waals surface area contributed by atoms with E-state index in [1.54, 1.807) is 0 Å². The van der Waals surface area contributed by atoms with Crippen LogP contribution in [0.4, 0.5) is 0 Å². The molecule has 12 aromatic rings. The summed E-state index contributed by atoms with van der Waals surface area (Å²) in [6, 6.07) is 69.5. The van der Waals surface area contributed by atoms with Crippen LogP contribution in [0.15, 0.2) is 200 Å². The van der Waals surface area contributed by atoms with E-state index in [2.05, 4.69) is 162 Å². The lowest BCUT2D eigenvalue weighted by atomic mass is 9.64. The summed E-state index contributed by atoms with van der Waals surface area (Å²) >= 11 is 0. The molecule has 0 unspecified atom stereocenters. The van der Waals surface area contributed by atoms with Gasteiger partial charge in [-0.2, -0.15) is 0 Å². The van der Waals surface area contributed by atoms with Crippen LogP contribution in [0, 0.1) is 0 Å². The van der Waals surface area contributed by atoms with Crippen molar-refractivity contribution in [3.8, 4) is 67.0 Å². The lowest BCUT2D eigenvalue weighted by molar-refractivity contribution is 1.18. The maximum absolute atomic E-state index is 7.43. The zero-order valence-corrected chi connectivity index (χ0v) is 37.5. The van der Waals surface area contributed by atoms with E-state index in [4.69, 9.17) is 54.9 Å². The van der Waals surface area contributed by atoms with Crippen LogP contribution in [0.25, 0.3) is 111 Å². The van der Waals surface area contributed by atoms with E-state index in [1.165, 1.54) is 11.1 Å². The number of rotatable bonds is 7. The minimum Gasteiger partial charge on any atom is -0.311 e. The van der Waals surface area contributed by atoms with E-state index in [-0.39, 0.29) is 21.9 Å². The molecule has 0 saturated heterocycles. The fourth-order valence-corrected chi connectivity index (χ4v) is 10.3. The highest BCUT2D eigenvalue weighted by Gasteiger charge is 2.25. The van der Waals surface area contributed by atoms with Crippen molar-refractivity contribution in [3.05, 3.63) is 200 Å². The molecule has 0 N–H and O–H groups in total. The van der Waals surface area contributed by atoms with Crippen molar-refractivity contribution in [1.29, 1.82) is 0 Å². The van der Waals surface area contributed by atoms with Crippen molar-refractivity contribution >= 4 is 137 Å². The second-order valence-electron chi connectivity index (χ2n) is 17.6. The third kappa shape index (κ3) is 6.89. The van der Waals surface area contributed by atoms with Crippen molar-refractivity contribution in [2.75, 3.05) is 0 Å². The smallest absolute Gasteiger partial charge is 0.115 e. The summed E-state index contributed by atoms with van der Waals surface area (Å²) < 4.78 is 4.28. The summed E-state index contributed by atoms with van der Waals surface area (Å²) in [4.78, 5) is 0. The minimum atomic E-state index is 0.172. The Labute approximate surface area is 410 Å². The van der Waals surface area contributed by atoms with Gasteiger partial charge < -0.3 is 9.13 Å². The molecule has 9 heteroatoms. The van der Waals surface area contributed by atoms with E-state index < -0.39 is 0 Å². The van der Waals surface area contributed by atoms with Crippen LogP contribution >= 0.6 is 0 Å². The Morgan fingerprint density at radius 3 is 1.30 bits per heavy atom. The van der Waals surface area contributed by atoms with Gasteiger partial charge in [0, 0.05) is 38.6 Å². The molecule has 0 amide bonds. The first-order chi connectivity index (χ1) is 33.7. The molecule has 12 rings (SSSR count). The van der Waals surface area contributed by atoms with E-state index in [1.807, 2.05) is 47.0 Å². The van der Waals surface area contributed by atoms with E-state index in [0.29, 0.717) is 43.8 Å². The van der Waals surface area contributed by atoms with E-state index >= 15 is 0 Å². The maximum atomic E-state index is 7.43. The molecule has 2 aromatic heterocycles. The molecule has 14 radical (unpaired) electrons. The maximum Gasteiger partial charge on any atom is 0.115 e. The Hall–Kier alpha value is -7.75. The van der Waals surface area contributed by atoms with Gasteiger partial charge in [0.2, 0.25) is 0 Å². The molecule has 0 saturated carbocycles. The molecular formula is C60H33B7N2. The normalized spacial score (nSPS) is 11.6. The summed E-state index contributed by atoms with van der Waals surface area (Å²) in [6.45, 7) is 0. The third-order valence-corrected chi connectivity index (χ3v) is 13.7. The van der Waals surface area contributed by atoms with Gasteiger partial charge in [-0.05, 0) is 103 Å². The minimum absolute atomic E-state index is 0.172. The Morgan fingerprint density at radius 2 is 0.696 bits per heavy atom. The largest absolute Gasteiger partial charge is 0.311 e. The Kier molecular flexibility index (Phi) is 10.4. The number of aromatic nitrogens is 2. The second-order valence-corrected chi connectivity index (χ2v) is 17.6. The predicted molar refractivity (Wildman–Crippen MR) is 300 cm³/mol. The standard InChI is InChI=1S/C60H33B7N2/c61-52-49(53(62)57(66)59-50(52)51-54(63)55(64)56(65)58(67)60(51)69(59)44-18-10-17-40(31-44)36-15-8-3-9-16-36)42-26-30-47-46(32-42)45-29-25-41(39-21-19-37(20-22-39)34-11-4-1-5-12-34)33-48(45)68(47)43-27-23-38(24-28-43)35-13-6-2-7-14-35/h1-33H. The summed E-state index contributed by atoms with van der Waals surface area (Å²) in [5.41, 5.74) is 17.1. The Bertz CT molecular complexity index is 3990. The van der Waals surface area contributed by atoms with Crippen LogP contribution in [0.1, 0.15) is 0 Å². The van der Waals surface area contributed by atoms with Crippen molar-refractivity contribution in [2.45, 2.75) is 0 Å². The average molecular weight is 858 g/mol. The first kappa shape index (κ1) is 42.6. The summed E-state index contributed by atoms with van der Waals surface area (Å²) in [7, 11) is 48.9. The van der Waals surface area contributed by atoms with Gasteiger partial charge in [0.15, 0.2) is 0 Å². The molecular weight excluding hydrogens is 824 g/mol. The lowest BCUT2D eigenvalue weighted by Crippen LogP contribution is -2.48. The summed E-state index contributed by atoms with van der Waals surface area (Å²) in [5.74, 6) is 0. The second kappa shape index (κ2) is 16.8. The molecule has 2 heterocycles. The molecule has 0 bridgehead atoms. The Morgan fingerprint density at radius 1 is 0.246 bits per heavy atom. The number of hydrogen-bond donors (Lipinski definition) is 0. The third-order valence-electron chi connectivity index (χ3n) is 13.7. The summed E-state index contributed by atoms with van der Waals surface area (Å²) in [5, 5.41) is 3.20. The van der Waals surface area contributed by atoms with Crippen molar-refractivity contribution in [1.82, 2.24) is 9.13 Å². The quantitative estimate of drug-likeness (QED) is 0.145. The molecule has 0 aliphatic carbocycles. The zero-order chi connectivity index (χ0) is 47.1. The van der Waals surface area contributed by atoms with E-state index in [9.17, 15) is 0 Å². The molecule has 10 aromatic carbocycles. The van der Waals surface area contributed by atoms with Crippen LogP contribution < -0.4 is 38.2 Å². The first-order valence-electron chi connectivity index (χ1n) is 22.8. The van der Waals surface area contributed by atoms with Gasteiger partial charge in [-0.3, -0.25) is 0 Å². The van der Waals surface area contributed by atoms with Gasteiger partial charge in [0.05, 0.1) is 11.0 Å². The van der Waals surface area contributed by atoms with Gasteiger partial charge in [0.1, 0.15) is 54.9 Å². The van der Waals surface area contributed by atoms with Crippen LogP contribution in [-0.2, 0) is 0 Å². The number of benzene rings is 10. The van der Waals surface area contributed by atoms with E-state index in [0.717, 1.165) is 72.1 Å². The Balaban J connectivity index is 1.07. The highest BCUT2D eigenvalue weighted by Crippen LogP contribution is 2.39. The molecule has 304 valence electrons. The molecule has 0 spiro atoms. The van der Waals surface area contributed by atoms with Gasteiger partial charge in [0.25, 0.3) is 0 Å². The molecule has 0 aliphatic rings. The van der Waals surface area contributed by atoms with Crippen LogP contribution in [-0.4, -0.2) is 64.1 Å². The van der Waals surface area contributed by atoms with Crippen LogP contribution in [0.3, 0.4) is 0 Å². The van der Waals surface area contributed by atoms with Crippen molar-refractivity contribution in [2.24, 2.45) is 0 Å². The fraction of sp³-hybridized carbons (Fsp3) is 0. The SMILES string of the molecule is [B]c1c([B])c([B])c2c(c1[B])c1c([B])c(-c3ccc4c(c3)c3ccc(-c5ccc(-c6ccccc6)cc5)cc3n4-c3ccc(-c4ccccc4)cc3)c([B])c([B])c1n2-c1cccc(-c2ccccc2)c1. The number of hydrogen-bond acceptors (Lipinski definition) is 0. The molecule has 0 fully saturated rings. The lowest BCUT2D eigenvalue weighted by Gasteiger charge is -2.19. The van der Waals surface area contributed by atoms with Gasteiger partial charge >= 0.3 is 0 Å². The van der Waals surface area contributed by atoms with Crippen LogP contribution in [0.2, 0.25) is 0 Å². The first-order valence-corrected chi connectivity index (χ1v) is 22.8.